The number of Topliss-reactive ketones (excluding diaryl/α,β-unsaturated/α-hetero) is 1. The van der Waals surface area contributed by atoms with Crippen LogP contribution >= 0.6 is 0 Å². The van der Waals surface area contributed by atoms with Crippen molar-refractivity contribution in [1.82, 2.24) is 9.55 Å². The smallest absolute Gasteiger partial charge is 0.308 e. The lowest BCUT2D eigenvalue weighted by Gasteiger charge is -2.39. The molecule has 0 spiro atoms. The van der Waals surface area contributed by atoms with Crippen LogP contribution < -0.4 is 0 Å². The van der Waals surface area contributed by atoms with Crippen LogP contribution in [0.4, 0.5) is 4.39 Å². The van der Waals surface area contributed by atoms with Gasteiger partial charge in [-0.1, -0.05) is 51.1 Å². The number of methoxy groups -OCH3 is 1. The van der Waals surface area contributed by atoms with E-state index < -0.39 is 36.0 Å². The molecule has 0 aliphatic rings. The Hall–Kier alpha value is -3.15. The van der Waals surface area contributed by atoms with E-state index in [0.29, 0.717) is 22.5 Å². The third-order valence-corrected chi connectivity index (χ3v) is 14.2. The topological polar surface area (TPSA) is 105 Å². The van der Waals surface area contributed by atoms with Gasteiger partial charge in [-0.05, 0) is 68.2 Å². The molecule has 0 saturated carbocycles. The van der Waals surface area contributed by atoms with Gasteiger partial charge in [-0.2, -0.15) is 0 Å². The summed E-state index contributed by atoms with van der Waals surface area (Å²) in [5.74, 6) is -1.25. The van der Waals surface area contributed by atoms with Crippen LogP contribution in [0, 0.1) is 5.82 Å². The van der Waals surface area contributed by atoms with Crippen LogP contribution in [0.3, 0.4) is 0 Å². The first-order valence-corrected chi connectivity index (χ1v) is 19.4. The minimum atomic E-state index is -3.89. The van der Waals surface area contributed by atoms with E-state index in [9.17, 15) is 22.4 Å². The third-order valence-electron chi connectivity index (χ3n) is 8.07. The molecule has 3 aromatic rings. The van der Waals surface area contributed by atoms with Gasteiger partial charge in [0.2, 0.25) is 15.0 Å². The van der Waals surface area contributed by atoms with E-state index in [1.807, 2.05) is 19.9 Å². The number of esters is 1. The number of hydrogen-bond donors (Lipinski definition) is 0. The Morgan fingerprint density at radius 2 is 1.61 bits per heavy atom. The molecule has 1 aromatic heterocycles. The average molecular weight is 645 g/mol. The number of ketones is 1. The van der Waals surface area contributed by atoms with Gasteiger partial charge < -0.3 is 13.7 Å². The number of carbonyl (C=O) groups excluding carboxylic acids is 2. The van der Waals surface area contributed by atoms with Crippen molar-refractivity contribution in [1.29, 1.82) is 0 Å². The van der Waals surface area contributed by atoms with Gasteiger partial charge in [-0.25, -0.2) is 17.8 Å². The molecule has 1 heterocycles. The Morgan fingerprint density at radius 3 is 2.16 bits per heavy atom. The van der Waals surface area contributed by atoms with E-state index in [1.54, 1.807) is 41.0 Å². The second-order valence-corrected chi connectivity index (χ2v) is 19.6. The fraction of sp³-hybridized carbons (Fsp3) is 0.485. The van der Waals surface area contributed by atoms with Crippen LogP contribution in [0.2, 0.25) is 18.1 Å². The van der Waals surface area contributed by atoms with Gasteiger partial charge in [0.25, 0.3) is 0 Å². The lowest BCUT2D eigenvalue weighted by molar-refractivity contribution is -0.142. The van der Waals surface area contributed by atoms with Gasteiger partial charge in [0.1, 0.15) is 11.6 Å². The molecule has 1 atom stereocenters. The van der Waals surface area contributed by atoms with Crippen molar-refractivity contribution in [3.05, 3.63) is 71.7 Å². The van der Waals surface area contributed by atoms with Crippen molar-refractivity contribution in [3.8, 4) is 11.3 Å². The number of benzene rings is 2. The highest BCUT2D eigenvalue weighted by Gasteiger charge is 2.40. The maximum absolute atomic E-state index is 13.8. The zero-order chi connectivity index (χ0) is 32.9. The lowest BCUT2D eigenvalue weighted by Crippen LogP contribution is -2.45. The molecule has 0 aliphatic carbocycles. The van der Waals surface area contributed by atoms with Gasteiger partial charge in [0, 0.05) is 30.1 Å². The predicted molar refractivity (Wildman–Crippen MR) is 172 cm³/mol. The van der Waals surface area contributed by atoms with Crippen molar-refractivity contribution >= 4 is 29.9 Å². The monoisotopic (exact) mass is 644 g/mol. The molecule has 0 unspecified atom stereocenters. The van der Waals surface area contributed by atoms with E-state index in [0.717, 1.165) is 0 Å². The second kappa shape index (κ2) is 14.3. The number of rotatable bonds is 14. The van der Waals surface area contributed by atoms with Crippen molar-refractivity contribution < 1.29 is 31.6 Å². The van der Waals surface area contributed by atoms with Crippen LogP contribution in [0.25, 0.3) is 11.3 Å². The maximum Gasteiger partial charge on any atom is 0.308 e. The lowest BCUT2D eigenvalue weighted by atomic mass is 10.0. The largest absolute Gasteiger partial charge is 0.469 e. The van der Waals surface area contributed by atoms with Crippen molar-refractivity contribution in [2.75, 3.05) is 7.11 Å². The first-order valence-electron chi connectivity index (χ1n) is 14.8. The minimum Gasteiger partial charge on any atom is -0.469 e. The van der Waals surface area contributed by atoms with E-state index in [4.69, 9.17) is 9.16 Å². The van der Waals surface area contributed by atoms with E-state index >= 15 is 0 Å². The zero-order valence-corrected chi connectivity index (χ0v) is 28.8. The Bertz CT molecular complexity index is 1550. The minimum absolute atomic E-state index is 0.0163. The number of aromatic nitrogens is 2. The Morgan fingerprint density at radius 1 is 1.00 bits per heavy atom. The summed E-state index contributed by atoms with van der Waals surface area (Å²) >= 11 is 0. The van der Waals surface area contributed by atoms with E-state index in [2.05, 4.69) is 38.8 Å². The molecule has 0 N–H and O–H groups in total. The summed E-state index contributed by atoms with van der Waals surface area (Å²) in [6.07, 6.45) is -0.389. The second-order valence-electron chi connectivity index (χ2n) is 12.9. The molecule has 0 bridgehead atoms. The van der Waals surface area contributed by atoms with Crippen LogP contribution in [0.5, 0.6) is 0 Å². The number of nitrogens with zero attached hydrogens (tertiary/aromatic N) is 2. The molecule has 0 amide bonds. The molecule has 11 heteroatoms. The third kappa shape index (κ3) is 8.95. The summed E-state index contributed by atoms with van der Waals surface area (Å²) < 4.78 is 54.3. The number of hydrogen-bond acceptors (Lipinski definition) is 7. The Balaban J connectivity index is 1.98. The molecule has 44 heavy (non-hydrogen) atoms. The predicted octanol–water partition coefficient (Wildman–Crippen LogP) is 7.09. The quantitative estimate of drug-likeness (QED) is 0.136. The van der Waals surface area contributed by atoms with Crippen molar-refractivity contribution in [2.45, 2.75) is 101 Å². The molecule has 2 aromatic carbocycles. The molecule has 8 nitrogen and oxygen atoms in total. The average Bonchev–Trinajstić information content (AvgIpc) is 3.32. The first-order chi connectivity index (χ1) is 20.4. The summed E-state index contributed by atoms with van der Waals surface area (Å²) in [7, 11) is -4.89. The fourth-order valence-corrected chi connectivity index (χ4v) is 7.73. The standard InChI is InChI=1S/C33H45FN2O6SSi/c1-23(2)36-29(19-18-27(37)20-28(21-30(38)41-6)42-44(7,8)33(3,4)5)31(25-14-16-26(34)17-15-25)35-32(36)43(39,40)22-24-12-10-9-11-13-24/h9-17,23,28H,18-22H2,1-8H3/t28-/m1/s1. The van der Waals surface area contributed by atoms with Gasteiger partial charge in [0.05, 0.1) is 31.1 Å². The number of halogens is 1. The normalized spacial score (nSPS) is 13.2. The van der Waals surface area contributed by atoms with Crippen molar-refractivity contribution in [3.63, 3.8) is 0 Å². The molecule has 0 aliphatic heterocycles. The highest BCUT2D eigenvalue weighted by atomic mass is 32.2. The Labute approximate surface area is 262 Å². The highest BCUT2D eigenvalue weighted by molar-refractivity contribution is 7.90. The molecular formula is C33H45FN2O6SSi. The molecule has 0 radical (unpaired) electrons. The van der Waals surface area contributed by atoms with Crippen LogP contribution in [0.15, 0.2) is 59.8 Å². The maximum atomic E-state index is 13.8. The highest BCUT2D eigenvalue weighted by Crippen LogP contribution is 2.38. The van der Waals surface area contributed by atoms with Gasteiger partial charge in [-0.3, -0.25) is 9.59 Å². The van der Waals surface area contributed by atoms with Gasteiger partial charge in [-0.15, -0.1) is 0 Å². The van der Waals surface area contributed by atoms with Gasteiger partial charge >= 0.3 is 5.97 Å². The SMILES string of the molecule is COC(=O)C[C@@H](CC(=O)CCc1c(-c2ccc(F)cc2)nc(S(=O)(=O)Cc2ccccc2)n1C(C)C)O[Si](C)(C)C(C)(C)C. The summed E-state index contributed by atoms with van der Waals surface area (Å²) in [5, 5.41) is -0.220. The zero-order valence-electron chi connectivity index (χ0n) is 27.0. The van der Waals surface area contributed by atoms with E-state index in [1.165, 1.54) is 19.2 Å². The summed E-state index contributed by atoms with van der Waals surface area (Å²) in [6, 6.07) is 14.3. The summed E-state index contributed by atoms with van der Waals surface area (Å²) in [5.41, 5.74) is 2.14. The van der Waals surface area contributed by atoms with Crippen LogP contribution in [0.1, 0.15) is 71.2 Å². The van der Waals surface area contributed by atoms with Crippen LogP contribution in [-0.2, 0) is 40.8 Å². The number of ether oxygens (including phenoxy) is 1. The number of sulfone groups is 1. The van der Waals surface area contributed by atoms with Gasteiger partial charge in [0.15, 0.2) is 8.32 Å². The molecule has 0 fully saturated rings. The molecular weight excluding hydrogens is 600 g/mol. The fourth-order valence-electron chi connectivity index (χ4n) is 4.76. The summed E-state index contributed by atoms with van der Waals surface area (Å²) in [6.45, 7) is 14.1. The van der Waals surface area contributed by atoms with E-state index in [-0.39, 0.29) is 53.5 Å². The van der Waals surface area contributed by atoms with Crippen LogP contribution in [-0.4, -0.2) is 51.3 Å². The Kier molecular flexibility index (Phi) is 11.5. The number of carbonyl (C=O) groups is 2. The molecule has 3 rings (SSSR count). The first kappa shape index (κ1) is 35.3. The van der Waals surface area contributed by atoms with Crippen molar-refractivity contribution in [2.24, 2.45) is 0 Å². The molecule has 0 saturated heterocycles. The number of imidazole rings is 1. The molecule has 240 valence electrons. The summed E-state index contributed by atoms with van der Waals surface area (Å²) in [4.78, 5) is 30.3.